The van der Waals surface area contributed by atoms with E-state index < -0.39 is 0 Å². The number of rotatable bonds is 15. The van der Waals surface area contributed by atoms with Gasteiger partial charge in [-0.25, -0.2) is 4.79 Å². The molecule has 35 heavy (non-hydrogen) atoms. The number of hydrogen-bond donors (Lipinski definition) is 2. The van der Waals surface area contributed by atoms with Gasteiger partial charge in [0, 0.05) is 39.8 Å². The van der Waals surface area contributed by atoms with E-state index in [0.29, 0.717) is 72.4 Å². The van der Waals surface area contributed by atoms with Gasteiger partial charge in [0.25, 0.3) is 0 Å². The molecule has 0 spiro atoms. The van der Waals surface area contributed by atoms with Crippen LogP contribution in [0, 0.1) is 0 Å². The van der Waals surface area contributed by atoms with Crippen LogP contribution >= 0.6 is 0 Å². The zero-order valence-corrected chi connectivity index (χ0v) is 20.4. The fraction of sp³-hybridized carbons (Fsp3) is 0.500. The van der Waals surface area contributed by atoms with Crippen molar-refractivity contribution in [1.29, 1.82) is 0 Å². The number of ether oxygens (including phenoxy) is 5. The topological polar surface area (TPSA) is 90.5 Å². The van der Waals surface area contributed by atoms with Crippen LogP contribution in [-0.2, 0) is 20.8 Å². The Kier molecular flexibility index (Phi) is 12.2. The van der Waals surface area contributed by atoms with Gasteiger partial charge in [-0.05, 0) is 29.8 Å². The maximum atomic E-state index is 12.2. The number of nitrogens with zero attached hydrogens (tertiary/aromatic N) is 1. The number of nitrogens with one attached hydrogen (secondary N) is 2. The third-order valence-corrected chi connectivity index (χ3v) is 5.39. The summed E-state index contributed by atoms with van der Waals surface area (Å²) in [5.74, 6) is 1.52. The van der Waals surface area contributed by atoms with Crippen LogP contribution < -0.4 is 20.1 Å². The molecule has 2 amide bonds. The zero-order valence-electron chi connectivity index (χ0n) is 20.4. The van der Waals surface area contributed by atoms with Gasteiger partial charge in [0.15, 0.2) is 0 Å². The molecule has 1 heterocycles. The first-order valence-corrected chi connectivity index (χ1v) is 12.1. The number of benzene rings is 2. The standard InChI is InChI=1S/C26H37N3O6/c1-31-17-18-33-23-7-9-24(10-8-23)35-21-25(34-20-22-5-3-2-4-6-22)19-27-11-12-28-26(30)29-13-15-32-16-14-29/h2-10,25,27H,11-21H2,1H3,(H,28,30). The van der Waals surface area contributed by atoms with Crippen LogP contribution in [0.1, 0.15) is 5.56 Å². The Morgan fingerprint density at radius 3 is 2.40 bits per heavy atom. The van der Waals surface area contributed by atoms with E-state index in [-0.39, 0.29) is 12.1 Å². The van der Waals surface area contributed by atoms with Crippen molar-refractivity contribution >= 4 is 6.03 Å². The molecule has 1 aliphatic heterocycles. The van der Waals surface area contributed by atoms with Gasteiger partial charge in [-0.3, -0.25) is 0 Å². The van der Waals surface area contributed by atoms with Crippen LogP contribution in [0.25, 0.3) is 0 Å². The van der Waals surface area contributed by atoms with Gasteiger partial charge in [0.2, 0.25) is 0 Å². The number of carbonyl (C=O) groups excluding carboxylic acids is 1. The quantitative estimate of drug-likeness (QED) is 0.373. The molecule has 2 N–H and O–H groups in total. The summed E-state index contributed by atoms with van der Waals surface area (Å²) in [7, 11) is 1.65. The van der Waals surface area contributed by atoms with E-state index in [1.54, 1.807) is 12.0 Å². The highest BCUT2D eigenvalue weighted by atomic mass is 16.5. The first kappa shape index (κ1) is 26.7. The van der Waals surface area contributed by atoms with Crippen LogP contribution in [-0.4, -0.2) is 89.9 Å². The monoisotopic (exact) mass is 487 g/mol. The van der Waals surface area contributed by atoms with Crippen LogP contribution in [0.15, 0.2) is 54.6 Å². The van der Waals surface area contributed by atoms with E-state index >= 15 is 0 Å². The summed E-state index contributed by atoms with van der Waals surface area (Å²) in [4.78, 5) is 14.0. The Morgan fingerprint density at radius 1 is 0.971 bits per heavy atom. The molecule has 9 nitrogen and oxygen atoms in total. The Hall–Kier alpha value is -2.85. The molecule has 2 aromatic rings. The van der Waals surface area contributed by atoms with Crippen molar-refractivity contribution in [2.75, 3.05) is 72.9 Å². The number of amides is 2. The molecule has 9 heteroatoms. The lowest BCUT2D eigenvalue weighted by molar-refractivity contribution is 0.0103. The van der Waals surface area contributed by atoms with E-state index in [1.165, 1.54) is 0 Å². The van der Waals surface area contributed by atoms with Crippen molar-refractivity contribution in [2.24, 2.45) is 0 Å². The maximum Gasteiger partial charge on any atom is 0.317 e. The van der Waals surface area contributed by atoms with Crippen molar-refractivity contribution in [3.8, 4) is 11.5 Å². The highest BCUT2D eigenvalue weighted by Gasteiger charge is 2.16. The van der Waals surface area contributed by atoms with Gasteiger partial charge in [0.05, 0.1) is 26.4 Å². The van der Waals surface area contributed by atoms with Crippen LogP contribution in [0.5, 0.6) is 11.5 Å². The lowest BCUT2D eigenvalue weighted by atomic mass is 10.2. The van der Waals surface area contributed by atoms with Gasteiger partial charge >= 0.3 is 6.03 Å². The van der Waals surface area contributed by atoms with Crippen molar-refractivity contribution in [2.45, 2.75) is 12.7 Å². The minimum Gasteiger partial charge on any atom is -0.491 e. The molecule has 0 aromatic heterocycles. The Balaban J connectivity index is 1.41. The highest BCUT2D eigenvalue weighted by molar-refractivity contribution is 5.74. The SMILES string of the molecule is COCCOc1ccc(OCC(CNCCNC(=O)N2CCOCC2)OCc2ccccc2)cc1. The lowest BCUT2D eigenvalue weighted by Gasteiger charge is -2.27. The van der Waals surface area contributed by atoms with Gasteiger partial charge in [0.1, 0.15) is 30.8 Å². The predicted octanol–water partition coefficient (Wildman–Crippen LogP) is 2.31. The molecule has 1 atom stereocenters. The van der Waals surface area contributed by atoms with E-state index in [2.05, 4.69) is 10.6 Å². The van der Waals surface area contributed by atoms with E-state index in [0.717, 1.165) is 17.1 Å². The summed E-state index contributed by atoms with van der Waals surface area (Å²) in [5, 5.41) is 6.30. The van der Waals surface area contributed by atoms with Gasteiger partial charge < -0.3 is 39.2 Å². The molecule has 1 fully saturated rings. The number of urea groups is 1. The number of methoxy groups -OCH3 is 1. The maximum absolute atomic E-state index is 12.2. The van der Waals surface area contributed by atoms with Crippen molar-refractivity contribution in [3.63, 3.8) is 0 Å². The molecule has 1 unspecified atom stereocenters. The number of hydrogen-bond acceptors (Lipinski definition) is 7. The second-order valence-corrected chi connectivity index (χ2v) is 8.08. The molecule has 1 saturated heterocycles. The van der Waals surface area contributed by atoms with E-state index in [1.807, 2.05) is 54.6 Å². The third kappa shape index (κ3) is 10.5. The average molecular weight is 488 g/mol. The Morgan fingerprint density at radius 2 is 1.69 bits per heavy atom. The lowest BCUT2D eigenvalue weighted by Crippen LogP contribution is -2.47. The van der Waals surface area contributed by atoms with Gasteiger partial charge in [-0.2, -0.15) is 0 Å². The van der Waals surface area contributed by atoms with Crippen molar-refractivity contribution in [1.82, 2.24) is 15.5 Å². The fourth-order valence-electron chi connectivity index (χ4n) is 3.42. The van der Waals surface area contributed by atoms with E-state index in [9.17, 15) is 4.79 Å². The normalized spacial score (nSPS) is 14.4. The molecule has 0 bridgehead atoms. The van der Waals surface area contributed by atoms with Gasteiger partial charge in [-0.1, -0.05) is 30.3 Å². The summed E-state index contributed by atoms with van der Waals surface area (Å²) in [6, 6.07) is 17.5. The summed E-state index contributed by atoms with van der Waals surface area (Å²) in [6.07, 6.45) is -0.164. The van der Waals surface area contributed by atoms with Crippen molar-refractivity contribution < 1.29 is 28.5 Å². The molecular formula is C26H37N3O6. The highest BCUT2D eigenvalue weighted by Crippen LogP contribution is 2.18. The van der Waals surface area contributed by atoms with Crippen molar-refractivity contribution in [3.05, 3.63) is 60.2 Å². The van der Waals surface area contributed by atoms with Gasteiger partial charge in [-0.15, -0.1) is 0 Å². The molecule has 3 rings (SSSR count). The van der Waals surface area contributed by atoms with Crippen LogP contribution in [0.4, 0.5) is 4.79 Å². The van der Waals surface area contributed by atoms with Crippen LogP contribution in [0.2, 0.25) is 0 Å². The van der Waals surface area contributed by atoms with E-state index in [4.69, 9.17) is 23.7 Å². The predicted molar refractivity (Wildman–Crippen MR) is 133 cm³/mol. The minimum atomic E-state index is -0.164. The molecule has 192 valence electrons. The molecular weight excluding hydrogens is 450 g/mol. The molecule has 0 radical (unpaired) electrons. The molecule has 0 aliphatic carbocycles. The number of carbonyl (C=O) groups is 1. The summed E-state index contributed by atoms with van der Waals surface area (Å²) in [6.45, 7) is 6.15. The number of morpholine rings is 1. The first-order valence-electron chi connectivity index (χ1n) is 12.1. The largest absolute Gasteiger partial charge is 0.491 e. The minimum absolute atomic E-state index is 0.0510. The third-order valence-electron chi connectivity index (χ3n) is 5.39. The second-order valence-electron chi connectivity index (χ2n) is 8.08. The average Bonchev–Trinajstić information content (AvgIpc) is 2.91. The zero-order chi connectivity index (χ0) is 24.6. The summed E-state index contributed by atoms with van der Waals surface area (Å²) < 4.78 is 28.0. The summed E-state index contributed by atoms with van der Waals surface area (Å²) in [5.41, 5.74) is 1.10. The van der Waals surface area contributed by atoms with Crippen LogP contribution in [0.3, 0.4) is 0 Å². The molecule has 1 aliphatic rings. The molecule has 0 saturated carbocycles. The summed E-state index contributed by atoms with van der Waals surface area (Å²) >= 11 is 0. The second kappa shape index (κ2) is 15.9. The Bertz CT molecular complexity index is 831. The Labute approximate surface area is 207 Å². The molecule has 2 aromatic carbocycles. The fourth-order valence-corrected chi connectivity index (χ4v) is 3.42. The smallest absolute Gasteiger partial charge is 0.317 e. The first-order chi connectivity index (χ1) is 17.2.